The molecule has 0 saturated carbocycles. The molecule has 0 radical (unpaired) electrons. The lowest BCUT2D eigenvalue weighted by Crippen LogP contribution is -2.40. The number of carbonyl (C=O) groups is 1. The first-order chi connectivity index (χ1) is 11.7. The van der Waals surface area contributed by atoms with Crippen LogP contribution in [0.4, 0.5) is 0 Å². The quantitative estimate of drug-likeness (QED) is 0.847. The van der Waals surface area contributed by atoms with E-state index < -0.39 is 0 Å². The van der Waals surface area contributed by atoms with E-state index in [1.807, 2.05) is 18.0 Å². The lowest BCUT2D eigenvalue weighted by atomic mass is 9.96. The minimum atomic E-state index is 0.0319. The van der Waals surface area contributed by atoms with Gasteiger partial charge in [-0.15, -0.1) is 0 Å². The Labute approximate surface area is 142 Å². The summed E-state index contributed by atoms with van der Waals surface area (Å²) in [5.41, 5.74) is 1.34. The van der Waals surface area contributed by atoms with Crippen molar-refractivity contribution in [3.05, 3.63) is 42.0 Å². The molecule has 6 nitrogen and oxygen atoms in total. The summed E-state index contributed by atoms with van der Waals surface area (Å²) in [5, 5.41) is 0. The van der Waals surface area contributed by atoms with Crippen LogP contribution in [0, 0.1) is 6.92 Å². The van der Waals surface area contributed by atoms with Crippen LogP contribution in [-0.4, -0.2) is 43.4 Å². The monoisotopic (exact) mass is 327 g/mol. The molecule has 128 valence electrons. The van der Waals surface area contributed by atoms with E-state index in [0.717, 1.165) is 50.4 Å². The molecule has 2 aromatic heterocycles. The van der Waals surface area contributed by atoms with Crippen LogP contribution < -0.4 is 0 Å². The van der Waals surface area contributed by atoms with Crippen molar-refractivity contribution in [2.24, 2.45) is 0 Å². The fraction of sp³-hybridized carbons (Fsp3) is 0.556. The van der Waals surface area contributed by atoms with Gasteiger partial charge in [-0.2, -0.15) is 0 Å². The maximum atomic E-state index is 12.8. The van der Waals surface area contributed by atoms with Gasteiger partial charge in [0.05, 0.1) is 11.3 Å². The van der Waals surface area contributed by atoms with Gasteiger partial charge >= 0.3 is 0 Å². The van der Waals surface area contributed by atoms with Crippen molar-refractivity contribution in [2.45, 2.75) is 52.0 Å². The number of rotatable bonds is 5. The third-order valence-electron chi connectivity index (χ3n) is 4.72. The van der Waals surface area contributed by atoms with Crippen LogP contribution in [0.3, 0.4) is 0 Å². The molecule has 1 amide bonds. The highest BCUT2D eigenvalue weighted by Crippen LogP contribution is 2.27. The Morgan fingerprint density at radius 1 is 1.38 bits per heavy atom. The van der Waals surface area contributed by atoms with Crippen molar-refractivity contribution in [1.82, 2.24) is 24.4 Å². The second-order valence-corrected chi connectivity index (χ2v) is 6.44. The number of imidazole rings is 1. The first-order valence-electron chi connectivity index (χ1n) is 8.77. The molecule has 1 fully saturated rings. The Morgan fingerprint density at radius 2 is 2.25 bits per heavy atom. The molecular formula is C18H25N5O. The fourth-order valence-electron chi connectivity index (χ4n) is 3.34. The molecule has 0 aliphatic carbocycles. The van der Waals surface area contributed by atoms with E-state index in [1.165, 1.54) is 12.7 Å². The van der Waals surface area contributed by atoms with Gasteiger partial charge in [0, 0.05) is 44.1 Å². The summed E-state index contributed by atoms with van der Waals surface area (Å²) >= 11 is 0. The van der Waals surface area contributed by atoms with Crippen molar-refractivity contribution in [3.63, 3.8) is 0 Å². The zero-order valence-corrected chi connectivity index (χ0v) is 14.5. The van der Waals surface area contributed by atoms with Crippen LogP contribution in [0.5, 0.6) is 0 Å². The standard InChI is InChI=1S/C18H25N5O/c1-3-4-8-22-10-7-20-17(22)15-6-5-9-23(12-15)18(24)16-11-19-13-21-14(16)2/h7,10-11,13,15H,3-6,8-9,12H2,1-2H3/t15-/m1/s1. The van der Waals surface area contributed by atoms with Gasteiger partial charge in [0.15, 0.2) is 0 Å². The molecule has 0 unspecified atom stereocenters. The number of amides is 1. The van der Waals surface area contributed by atoms with Crippen LogP contribution in [0.1, 0.15) is 60.4 Å². The number of piperidine rings is 1. The molecule has 1 atom stereocenters. The highest BCUT2D eigenvalue weighted by Gasteiger charge is 2.28. The summed E-state index contributed by atoms with van der Waals surface area (Å²) in [6.07, 6.45) is 11.4. The molecule has 0 bridgehead atoms. The minimum absolute atomic E-state index is 0.0319. The number of hydrogen-bond donors (Lipinski definition) is 0. The Balaban J connectivity index is 1.74. The Kier molecular flexibility index (Phi) is 5.23. The number of nitrogens with zero attached hydrogens (tertiary/aromatic N) is 5. The molecule has 2 aromatic rings. The predicted molar refractivity (Wildman–Crippen MR) is 91.8 cm³/mol. The zero-order chi connectivity index (χ0) is 16.9. The van der Waals surface area contributed by atoms with Crippen molar-refractivity contribution in [3.8, 4) is 0 Å². The van der Waals surface area contributed by atoms with Gasteiger partial charge in [-0.1, -0.05) is 13.3 Å². The fourth-order valence-corrected chi connectivity index (χ4v) is 3.34. The van der Waals surface area contributed by atoms with Gasteiger partial charge in [-0.05, 0) is 26.2 Å². The Bertz CT molecular complexity index is 696. The highest BCUT2D eigenvalue weighted by molar-refractivity contribution is 5.95. The second-order valence-electron chi connectivity index (χ2n) is 6.44. The molecule has 3 rings (SSSR count). The molecule has 0 aromatic carbocycles. The van der Waals surface area contributed by atoms with E-state index in [9.17, 15) is 4.79 Å². The first kappa shape index (κ1) is 16.6. The lowest BCUT2D eigenvalue weighted by molar-refractivity contribution is 0.0701. The Hall–Kier alpha value is -2.24. The maximum Gasteiger partial charge on any atom is 0.257 e. The van der Waals surface area contributed by atoms with Crippen molar-refractivity contribution >= 4 is 5.91 Å². The normalized spacial score (nSPS) is 17.9. The molecular weight excluding hydrogens is 302 g/mol. The van der Waals surface area contributed by atoms with Crippen molar-refractivity contribution in [1.29, 1.82) is 0 Å². The zero-order valence-electron chi connectivity index (χ0n) is 14.5. The van der Waals surface area contributed by atoms with Crippen LogP contribution in [0.2, 0.25) is 0 Å². The molecule has 1 aliphatic heterocycles. The average Bonchev–Trinajstić information content (AvgIpc) is 3.08. The number of unbranched alkanes of at least 4 members (excludes halogenated alkanes) is 1. The van der Waals surface area contributed by atoms with E-state index >= 15 is 0 Å². The van der Waals surface area contributed by atoms with Crippen LogP contribution in [-0.2, 0) is 6.54 Å². The number of hydrogen-bond acceptors (Lipinski definition) is 4. The summed E-state index contributed by atoms with van der Waals surface area (Å²) in [6.45, 7) is 6.56. The summed E-state index contributed by atoms with van der Waals surface area (Å²) in [6, 6.07) is 0. The third kappa shape index (κ3) is 3.47. The van der Waals surface area contributed by atoms with Gasteiger partial charge in [0.2, 0.25) is 0 Å². The average molecular weight is 327 g/mol. The Morgan fingerprint density at radius 3 is 3.04 bits per heavy atom. The van der Waals surface area contributed by atoms with Gasteiger partial charge in [-0.25, -0.2) is 15.0 Å². The molecule has 1 saturated heterocycles. The predicted octanol–water partition coefficient (Wildman–Crippen LogP) is 2.80. The molecule has 1 aliphatic rings. The van der Waals surface area contributed by atoms with Crippen molar-refractivity contribution < 1.29 is 4.79 Å². The smallest absolute Gasteiger partial charge is 0.257 e. The number of aromatic nitrogens is 4. The minimum Gasteiger partial charge on any atom is -0.338 e. The van der Waals surface area contributed by atoms with Crippen molar-refractivity contribution in [2.75, 3.05) is 13.1 Å². The van der Waals surface area contributed by atoms with E-state index in [4.69, 9.17) is 0 Å². The number of carbonyl (C=O) groups excluding carboxylic acids is 1. The van der Waals surface area contributed by atoms with Gasteiger partial charge in [0.25, 0.3) is 5.91 Å². The van der Waals surface area contributed by atoms with Crippen LogP contribution in [0.25, 0.3) is 0 Å². The largest absolute Gasteiger partial charge is 0.338 e. The van der Waals surface area contributed by atoms with E-state index in [1.54, 1.807) is 6.20 Å². The van der Waals surface area contributed by atoms with E-state index in [-0.39, 0.29) is 5.91 Å². The lowest BCUT2D eigenvalue weighted by Gasteiger charge is -2.33. The summed E-state index contributed by atoms with van der Waals surface area (Å²) in [5.74, 6) is 1.45. The molecule has 0 spiro atoms. The topological polar surface area (TPSA) is 63.9 Å². The maximum absolute atomic E-state index is 12.8. The number of aryl methyl sites for hydroxylation is 2. The van der Waals surface area contributed by atoms with Gasteiger partial charge in [-0.3, -0.25) is 4.79 Å². The summed E-state index contributed by atoms with van der Waals surface area (Å²) in [4.78, 5) is 27.5. The SMILES string of the molecule is CCCCn1ccnc1[C@@H]1CCCN(C(=O)c2cncnc2C)C1. The highest BCUT2D eigenvalue weighted by atomic mass is 16.2. The number of likely N-dealkylation sites (tertiary alicyclic amines) is 1. The van der Waals surface area contributed by atoms with E-state index in [2.05, 4.69) is 32.6 Å². The third-order valence-corrected chi connectivity index (χ3v) is 4.72. The molecule has 3 heterocycles. The van der Waals surface area contributed by atoms with Gasteiger partial charge < -0.3 is 9.47 Å². The molecule has 0 N–H and O–H groups in total. The van der Waals surface area contributed by atoms with E-state index in [0.29, 0.717) is 11.5 Å². The first-order valence-corrected chi connectivity index (χ1v) is 8.77. The molecule has 24 heavy (non-hydrogen) atoms. The van der Waals surface area contributed by atoms with Crippen LogP contribution in [0.15, 0.2) is 24.9 Å². The molecule has 6 heteroatoms. The summed E-state index contributed by atoms with van der Waals surface area (Å²) in [7, 11) is 0. The van der Waals surface area contributed by atoms with Crippen LogP contribution >= 0.6 is 0 Å². The second kappa shape index (κ2) is 7.55. The van der Waals surface area contributed by atoms with Gasteiger partial charge in [0.1, 0.15) is 12.2 Å². The summed E-state index contributed by atoms with van der Waals surface area (Å²) < 4.78 is 2.25.